The molecule has 3 N–H and O–H groups in total. The number of halogens is 1. The van der Waals surface area contributed by atoms with Crippen molar-refractivity contribution in [2.75, 3.05) is 18.0 Å². The van der Waals surface area contributed by atoms with Gasteiger partial charge in [-0.2, -0.15) is 0 Å². The van der Waals surface area contributed by atoms with E-state index in [1.54, 1.807) is 24.3 Å². The van der Waals surface area contributed by atoms with Gasteiger partial charge in [0.15, 0.2) is 0 Å². The van der Waals surface area contributed by atoms with Gasteiger partial charge in [0.05, 0.1) is 17.5 Å². The molecule has 8 heteroatoms. The van der Waals surface area contributed by atoms with Crippen molar-refractivity contribution in [2.24, 2.45) is 5.14 Å². The van der Waals surface area contributed by atoms with Crippen LogP contribution in [0.15, 0.2) is 47.4 Å². The lowest BCUT2D eigenvalue weighted by atomic mass is 10.1. The molecule has 3 rings (SSSR count). The van der Waals surface area contributed by atoms with E-state index in [2.05, 4.69) is 5.32 Å². The van der Waals surface area contributed by atoms with Gasteiger partial charge in [0.25, 0.3) is 0 Å². The number of nitrogens with one attached hydrogen (secondary N) is 1. The summed E-state index contributed by atoms with van der Waals surface area (Å²) < 4.78 is 22.9. The zero-order chi connectivity index (χ0) is 18.9. The summed E-state index contributed by atoms with van der Waals surface area (Å²) in [7, 11) is -3.72. The van der Waals surface area contributed by atoms with E-state index in [-0.39, 0.29) is 23.4 Å². The Morgan fingerprint density at radius 3 is 2.62 bits per heavy atom. The number of sulfonamides is 1. The highest BCUT2D eigenvalue weighted by atomic mass is 35.5. The van der Waals surface area contributed by atoms with Crippen LogP contribution in [0.2, 0.25) is 5.02 Å². The van der Waals surface area contributed by atoms with Crippen molar-refractivity contribution in [3.05, 3.63) is 58.6 Å². The second-order valence-corrected chi connectivity index (χ2v) is 8.35. The molecule has 1 unspecified atom stereocenters. The second-order valence-electron chi connectivity index (χ2n) is 6.35. The Balaban J connectivity index is 1.66. The molecular weight excluding hydrogens is 374 g/mol. The van der Waals surface area contributed by atoms with Crippen LogP contribution in [0.3, 0.4) is 0 Å². The van der Waals surface area contributed by atoms with Crippen LogP contribution in [-0.4, -0.2) is 27.4 Å². The van der Waals surface area contributed by atoms with Crippen LogP contribution in [0.5, 0.6) is 0 Å². The molecule has 2 aromatic carbocycles. The monoisotopic (exact) mass is 393 g/mol. The summed E-state index contributed by atoms with van der Waals surface area (Å²) in [5.41, 5.74) is 2.73. The van der Waals surface area contributed by atoms with Gasteiger partial charge in [-0.05, 0) is 54.8 Å². The third kappa shape index (κ3) is 4.17. The zero-order valence-electron chi connectivity index (χ0n) is 14.3. The number of carbonyl (C=O) groups excluding carboxylic acids is 1. The maximum absolute atomic E-state index is 12.4. The number of amides is 1. The molecule has 1 atom stereocenters. The fourth-order valence-electron chi connectivity index (χ4n) is 3.08. The van der Waals surface area contributed by atoms with Gasteiger partial charge in [-0.15, -0.1) is 0 Å². The van der Waals surface area contributed by atoms with E-state index >= 15 is 0 Å². The molecule has 1 aliphatic heterocycles. The highest BCUT2D eigenvalue weighted by molar-refractivity contribution is 7.89. The number of carbonyl (C=O) groups is 1. The number of benzene rings is 2. The molecule has 1 aliphatic rings. The summed E-state index contributed by atoms with van der Waals surface area (Å²) in [5, 5.41) is 8.79. The lowest BCUT2D eigenvalue weighted by molar-refractivity contribution is -0.120. The van der Waals surface area contributed by atoms with E-state index in [0.29, 0.717) is 18.0 Å². The summed E-state index contributed by atoms with van der Waals surface area (Å²) in [5.74, 6) is -0.101. The van der Waals surface area contributed by atoms with Gasteiger partial charge in [-0.1, -0.05) is 23.7 Å². The van der Waals surface area contributed by atoms with Crippen LogP contribution >= 0.6 is 11.6 Å². The number of rotatable bonds is 5. The second kappa shape index (κ2) is 7.26. The molecule has 1 heterocycles. The first-order valence-corrected chi connectivity index (χ1v) is 10.1. The van der Waals surface area contributed by atoms with Crippen LogP contribution in [0.25, 0.3) is 0 Å². The Bertz CT molecular complexity index is 929. The quantitative estimate of drug-likeness (QED) is 0.814. The van der Waals surface area contributed by atoms with Crippen LogP contribution in [0.1, 0.15) is 24.1 Å². The van der Waals surface area contributed by atoms with E-state index in [1.807, 2.05) is 24.0 Å². The summed E-state index contributed by atoms with van der Waals surface area (Å²) in [6.07, 6.45) is 0.679. The molecular formula is C18H20ClN3O3S. The zero-order valence-corrected chi connectivity index (χ0v) is 15.8. The summed E-state index contributed by atoms with van der Waals surface area (Å²) in [4.78, 5) is 14.4. The number of hydrogen-bond donors (Lipinski definition) is 2. The highest BCUT2D eigenvalue weighted by Gasteiger charge is 2.23. The molecule has 0 bridgehead atoms. The highest BCUT2D eigenvalue weighted by Crippen LogP contribution is 2.29. The number of hydrogen-bond acceptors (Lipinski definition) is 4. The molecule has 0 radical (unpaired) electrons. The van der Waals surface area contributed by atoms with Crippen LogP contribution in [-0.2, 0) is 21.2 Å². The smallest absolute Gasteiger partial charge is 0.239 e. The molecule has 2 aromatic rings. The number of fused-ring (bicyclic) bond motifs is 1. The van der Waals surface area contributed by atoms with E-state index in [1.165, 1.54) is 6.07 Å². The van der Waals surface area contributed by atoms with Crippen molar-refractivity contribution in [3.8, 4) is 0 Å². The van der Waals surface area contributed by atoms with Crippen LogP contribution in [0, 0.1) is 0 Å². The molecule has 138 valence electrons. The first kappa shape index (κ1) is 18.7. The van der Waals surface area contributed by atoms with Gasteiger partial charge < -0.3 is 10.2 Å². The van der Waals surface area contributed by atoms with Gasteiger partial charge in [-0.25, -0.2) is 13.6 Å². The van der Waals surface area contributed by atoms with E-state index in [4.69, 9.17) is 16.7 Å². The van der Waals surface area contributed by atoms with Gasteiger partial charge in [0, 0.05) is 17.3 Å². The molecule has 0 fully saturated rings. The summed E-state index contributed by atoms with van der Waals surface area (Å²) >= 11 is 5.88. The fourth-order valence-corrected chi connectivity index (χ4v) is 3.77. The SMILES string of the molecule is CC(NC(=O)CN1CCc2cc(S(N)(=O)=O)ccc21)c1ccc(Cl)cc1. The minimum Gasteiger partial charge on any atom is -0.362 e. The van der Waals surface area contributed by atoms with Crippen molar-refractivity contribution in [1.29, 1.82) is 0 Å². The van der Waals surface area contributed by atoms with Crippen LogP contribution in [0.4, 0.5) is 5.69 Å². The molecule has 6 nitrogen and oxygen atoms in total. The predicted octanol–water partition coefficient (Wildman–Crippen LogP) is 2.23. The van der Waals surface area contributed by atoms with Crippen molar-refractivity contribution in [2.45, 2.75) is 24.3 Å². The molecule has 0 saturated heterocycles. The van der Waals surface area contributed by atoms with Crippen LogP contribution < -0.4 is 15.4 Å². The summed E-state index contributed by atoms with van der Waals surface area (Å²) in [6, 6.07) is 12.0. The number of nitrogens with zero attached hydrogens (tertiary/aromatic N) is 1. The lowest BCUT2D eigenvalue weighted by Crippen LogP contribution is -2.37. The molecule has 1 amide bonds. The molecule has 0 aliphatic carbocycles. The molecule has 26 heavy (non-hydrogen) atoms. The fraction of sp³-hybridized carbons (Fsp3) is 0.278. The predicted molar refractivity (Wildman–Crippen MR) is 102 cm³/mol. The average Bonchev–Trinajstić information content (AvgIpc) is 2.96. The maximum Gasteiger partial charge on any atom is 0.239 e. The van der Waals surface area contributed by atoms with E-state index in [9.17, 15) is 13.2 Å². The molecule has 0 spiro atoms. The van der Waals surface area contributed by atoms with E-state index < -0.39 is 10.0 Å². The number of anilines is 1. The van der Waals surface area contributed by atoms with Crippen molar-refractivity contribution >= 4 is 33.2 Å². The Morgan fingerprint density at radius 1 is 1.27 bits per heavy atom. The van der Waals surface area contributed by atoms with Crippen molar-refractivity contribution in [1.82, 2.24) is 5.32 Å². The number of nitrogens with two attached hydrogens (primary N) is 1. The van der Waals surface area contributed by atoms with E-state index in [0.717, 1.165) is 16.8 Å². The first-order valence-electron chi connectivity index (χ1n) is 8.19. The third-order valence-electron chi connectivity index (χ3n) is 4.45. The van der Waals surface area contributed by atoms with Gasteiger partial charge in [0.2, 0.25) is 15.9 Å². The average molecular weight is 394 g/mol. The standard InChI is InChI=1S/C18H20ClN3O3S/c1-12(13-2-4-15(19)5-3-13)21-18(23)11-22-9-8-14-10-16(26(20,24)25)6-7-17(14)22/h2-7,10,12H,8-9,11H2,1H3,(H,21,23)(H2,20,24,25). The minimum absolute atomic E-state index is 0.0962. The van der Waals surface area contributed by atoms with Gasteiger partial charge >= 0.3 is 0 Å². The number of primary sulfonamides is 1. The normalized spacial score (nSPS) is 14.8. The van der Waals surface area contributed by atoms with Gasteiger partial charge in [-0.3, -0.25) is 4.79 Å². The minimum atomic E-state index is -3.72. The maximum atomic E-state index is 12.4. The Hall–Kier alpha value is -2.09. The largest absolute Gasteiger partial charge is 0.362 e. The Labute approximate surface area is 158 Å². The molecule has 0 aromatic heterocycles. The topological polar surface area (TPSA) is 92.5 Å². The Morgan fingerprint density at radius 2 is 1.96 bits per heavy atom. The third-order valence-corrected chi connectivity index (χ3v) is 5.62. The summed E-state index contributed by atoms with van der Waals surface area (Å²) in [6.45, 7) is 2.78. The lowest BCUT2D eigenvalue weighted by Gasteiger charge is -2.21. The van der Waals surface area contributed by atoms with Crippen molar-refractivity contribution < 1.29 is 13.2 Å². The first-order chi connectivity index (χ1) is 12.2. The molecule has 0 saturated carbocycles. The van der Waals surface area contributed by atoms with Gasteiger partial charge in [0.1, 0.15) is 0 Å². The Kier molecular flexibility index (Phi) is 5.22. The van der Waals surface area contributed by atoms with Crippen molar-refractivity contribution in [3.63, 3.8) is 0 Å².